The Morgan fingerprint density at radius 3 is 2.31 bits per heavy atom. The summed E-state index contributed by atoms with van der Waals surface area (Å²) in [7, 11) is 3.40. The van der Waals surface area contributed by atoms with Crippen molar-refractivity contribution >= 4 is 17.5 Å². The number of benzene rings is 1. The summed E-state index contributed by atoms with van der Waals surface area (Å²) in [6.45, 7) is 5.92. The second-order valence-electron chi connectivity index (χ2n) is 7.11. The van der Waals surface area contributed by atoms with Crippen LogP contribution in [0, 0.1) is 11.3 Å². The average Bonchev–Trinajstić information content (AvgIpc) is 2.81. The lowest BCUT2D eigenvalue weighted by molar-refractivity contribution is -0.138. The summed E-state index contributed by atoms with van der Waals surface area (Å²) in [5, 5.41) is 9.26. The quantitative estimate of drug-likeness (QED) is 0.578. The highest BCUT2D eigenvalue weighted by atomic mass is 16.2. The number of anilines is 1. The lowest BCUT2D eigenvalue weighted by Crippen LogP contribution is -2.39. The molecule has 0 atom stereocenters. The van der Waals surface area contributed by atoms with E-state index >= 15 is 0 Å². The van der Waals surface area contributed by atoms with E-state index in [0.29, 0.717) is 11.1 Å². The number of nitriles is 1. The van der Waals surface area contributed by atoms with Gasteiger partial charge in [-0.05, 0) is 36.3 Å². The van der Waals surface area contributed by atoms with Crippen molar-refractivity contribution in [3.05, 3.63) is 64.4 Å². The van der Waals surface area contributed by atoms with E-state index in [1.165, 1.54) is 12.6 Å². The molecule has 1 aromatic rings. The molecule has 2 heterocycles. The van der Waals surface area contributed by atoms with E-state index in [1.807, 2.05) is 31.3 Å². The molecule has 3 rings (SSSR count). The fourth-order valence-electron chi connectivity index (χ4n) is 3.69. The molecule has 2 aliphatic rings. The Hall–Kier alpha value is -3.13. The number of nitrogens with zero attached hydrogens (tertiary/aromatic N) is 3. The number of likely N-dealkylation sites (N-methyl/N-ethyl adjacent to an activating group) is 2. The maximum Gasteiger partial charge on any atom is 0.271 e. The third kappa shape index (κ3) is 2.38. The van der Waals surface area contributed by atoms with Crippen LogP contribution in [0.4, 0.5) is 5.69 Å². The second kappa shape index (κ2) is 5.99. The van der Waals surface area contributed by atoms with Crippen molar-refractivity contribution in [1.82, 2.24) is 4.90 Å². The molecule has 0 aliphatic carbocycles. The summed E-state index contributed by atoms with van der Waals surface area (Å²) in [6, 6.07) is 10.1. The first kappa shape index (κ1) is 17.7. The van der Waals surface area contributed by atoms with Gasteiger partial charge in [-0.25, -0.2) is 0 Å². The first-order valence-electron chi connectivity index (χ1n) is 8.41. The van der Waals surface area contributed by atoms with E-state index in [1.54, 1.807) is 13.0 Å². The number of allylic oxidation sites excluding steroid dienone is 3. The first-order valence-corrected chi connectivity index (χ1v) is 8.41. The molecular formula is C21H21N3O2. The molecule has 0 saturated heterocycles. The van der Waals surface area contributed by atoms with Gasteiger partial charge in [-0.1, -0.05) is 32.0 Å². The number of rotatable bonds is 1. The van der Waals surface area contributed by atoms with Gasteiger partial charge in [0.2, 0.25) is 0 Å². The van der Waals surface area contributed by atoms with Gasteiger partial charge in [0.05, 0.1) is 0 Å². The number of amides is 2. The van der Waals surface area contributed by atoms with Crippen molar-refractivity contribution in [2.24, 2.45) is 0 Å². The molecule has 0 spiro atoms. The Morgan fingerprint density at radius 1 is 1.04 bits per heavy atom. The molecule has 0 N–H and O–H groups in total. The highest BCUT2D eigenvalue weighted by Gasteiger charge is 2.38. The van der Waals surface area contributed by atoms with Crippen molar-refractivity contribution < 1.29 is 9.59 Å². The number of para-hydroxylation sites is 1. The number of hydrogen-bond donors (Lipinski definition) is 0. The minimum absolute atomic E-state index is 0.0130. The number of carbonyl (C=O) groups is 2. The SMILES string of the molecule is CC1=C(C#N)C(=O)N(C)C(=O)C1=CC=C1N(C)c2ccccc2C1(C)C. The third-order valence-electron chi connectivity index (χ3n) is 5.29. The summed E-state index contributed by atoms with van der Waals surface area (Å²) >= 11 is 0. The van der Waals surface area contributed by atoms with Gasteiger partial charge < -0.3 is 4.90 Å². The number of imide groups is 1. The summed E-state index contributed by atoms with van der Waals surface area (Å²) < 4.78 is 0. The maximum absolute atomic E-state index is 12.5. The predicted molar refractivity (Wildman–Crippen MR) is 100 cm³/mol. The molecule has 0 saturated carbocycles. The number of carbonyl (C=O) groups excluding carboxylic acids is 2. The van der Waals surface area contributed by atoms with Gasteiger partial charge in [0.15, 0.2) is 0 Å². The van der Waals surface area contributed by atoms with Crippen LogP contribution in [0.1, 0.15) is 26.3 Å². The molecule has 26 heavy (non-hydrogen) atoms. The van der Waals surface area contributed by atoms with E-state index in [4.69, 9.17) is 0 Å². The summed E-state index contributed by atoms with van der Waals surface area (Å²) in [5.41, 5.74) is 4.00. The zero-order valence-corrected chi connectivity index (χ0v) is 15.6. The normalized spacial score (nSPS) is 22.3. The molecule has 2 aliphatic heterocycles. The van der Waals surface area contributed by atoms with Crippen LogP contribution in [0.25, 0.3) is 0 Å². The van der Waals surface area contributed by atoms with Crippen LogP contribution in [0.3, 0.4) is 0 Å². The van der Waals surface area contributed by atoms with Gasteiger partial charge in [0, 0.05) is 36.5 Å². The van der Waals surface area contributed by atoms with Crippen molar-refractivity contribution in [2.75, 3.05) is 19.0 Å². The van der Waals surface area contributed by atoms with E-state index in [2.05, 4.69) is 30.9 Å². The van der Waals surface area contributed by atoms with Gasteiger partial charge in [0.1, 0.15) is 11.6 Å². The van der Waals surface area contributed by atoms with E-state index in [9.17, 15) is 14.9 Å². The fraction of sp³-hybridized carbons (Fsp3) is 0.286. The van der Waals surface area contributed by atoms with Crippen molar-refractivity contribution in [2.45, 2.75) is 26.2 Å². The largest absolute Gasteiger partial charge is 0.347 e. The van der Waals surface area contributed by atoms with Crippen LogP contribution < -0.4 is 4.90 Å². The molecular weight excluding hydrogens is 326 g/mol. The Morgan fingerprint density at radius 2 is 1.69 bits per heavy atom. The van der Waals surface area contributed by atoms with Gasteiger partial charge in [-0.2, -0.15) is 5.26 Å². The lowest BCUT2D eigenvalue weighted by atomic mass is 9.83. The highest BCUT2D eigenvalue weighted by Crippen LogP contribution is 2.46. The lowest BCUT2D eigenvalue weighted by Gasteiger charge is -2.25. The summed E-state index contributed by atoms with van der Waals surface area (Å²) in [4.78, 5) is 27.7. The van der Waals surface area contributed by atoms with Gasteiger partial charge in [0.25, 0.3) is 11.8 Å². The zero-order chi connectivity index (χ0) is 19.2. The average molecular weight is 347 g/mol. The minimum Gasteiger partial charge on any atom is -0.347 e. The Bertz CT molecular complexity index is 958. The Balaban J connectivity index is 2.12. The first-order chi connectivity index (χ1) is 12.2. The summed E-state index contributed by atoms with van der Waals surface area (Å²) in [5.74, 6) is -0.940. The Labute approximate surface area is 153 Å². The second-order valence-corrected chi connectivity index (χ2v) is 7.11. The fourth-order valence-corrected chi connectivity index (χ4v) is 3.69. The van der Waals surface area contributed by atoms with E-state index in [0.717, 1.165) is 16.3 Å². The topological polar surface area (TPSA) is 64.4 Å². The van der Waals surface area contributed by atoms with Crippen molar-refractivity contribution in [3.63, 3.8) is 0 Å². The molecule has 1 aromatic carbocycles. The monoisotopic (exact) mass is 347 g/mol. The highest BCUT2D eigenvalue weighted by molar-refractivity contribution is 6.17. The summed E-state index contributed by atoms with van der Waals surface area (Å²) in [6.07, 6.45) is 3.63. The third-order valence-corrected chi connectivity index (χ3v) is 5.29. The van der Waals surface area contributed by atoms with Crippen LogP contribution >= 0.6 is 0 Å². The van der Waals surface area contributed by atoms with Gasteiger partial charge in [-0.3, -0.25) is 14.5 Å². The van der Waals surface area contributed by atoms with Gasteiger partial charge in [-0.15, -0.1) is 0 Å². The van der Waals surface area contributed by atoms with Crippen LogP contribution in [0.5, 0.6) is 0 Å². The molecule has 0 fully saturated rings. The smallest absolute Gasteiger partial charge is 0.271 e. The van der Waals surface area contributed by atoms with Crippen LogP contribution in [0.2, 0.25) is 0 Å². The predicted octanol–water partition coefficient (Wildman–Crippen LogP) is 3.06. The molecule has 132 valence electrons. The standard InChI is InChI=1S/C21H21N3O2/c1-13-14(19(25)24(5)20(26)15(13)12-22)10-11-18-21(2,3)16-8-6-7-9-17(16)23(18)4/h6-11H,1-5H3. The van der Waals surface area contributed by atoms with Gasteiger partial charge >= 0.3 is 0 Å². The molecule has 2 amide bonds. The molecule has 5 heteroatoms. The minimum atomic E-state index is -0.550. The van der Waals surface area contributed by atoms with E-state index < -0.39 is 5.91 Å². The van der Waals surface area contributed by atoms with Crippen molar-refractivity contribution in [3.8, 4) is 6.07 Å². The molecule has 0 unspecified atom stereocenters. The van der Waals surface area contributed by atoms with E-state index in [-0.39, 0.29) is 16.9 Å². The molecule has 0 bridgehead atoms. The number of fused-ring (bicyclic) bond motifs is 1. The van der Waals surface area contributed by atoms with Crippen LogP contribution in [-0.2, 0) is 15.0 Å². The van der Waals surface area contributed by atoms with Crippen LogP contribution in [-0.4, -0.2) is 30.8 Å². The molecule has 0 radical (unpaired) electrons. The zero-order valence-electron chi connectivity index (χ0n) is 15.6. The van der Waals surface area contributed by atoms with Crippen molar-refractivity contribution in [1.29, 1.82) is 5.26 Å². The Kier molecular flexibility index (Phi) is 4.08. The molecule has 0 aromatic heterocycles. The maximum atomic E-state index is 12.5. The number of hydrogen-bond acceptors (Lipinski definition) is 4. The van der Waals surface area contributed by atoms with Crippen LogP contribution in [0.15, 0.2) is 58.8 Å². The molecule has 5 nitrogen and oxygen atoms in total.